The normalized spacial score (nSPS) is 33.7. The van der Waals surface area contributed by atoms with Crippen LogP contribution in [0.25, 0.3) is 0 Å². The van der Waals surface area contributed by atoms with Gasteiger partial charge >= 0.3 is 12.1 Å². The molecule has 2 N–H and O–H groups in total. The van der Waals surface area contributed by atoms with Crippen molar-refractivity contribution in [1.82, 2.24) is 10.2 Å². The number of amides is 3. The van der Waals surface area contributed by atoms with Crippen molar-refractivity contribution in [3.05, 3.63) is 52.1 Å². The molecule has 0 aromatic heterocycles. The number of ether oxygens (including phenoxy) is 4. The Morgan fingerprint density at radius 1 is 1.26 bits per heavy atom. The van der Waals surface area contributed by atoms with Crippen LogP contribution in [0, 0.1) is 12.8 Å². The minimum absolute atomic E-state index is 0.0302. The van der Waals surface area contributed by atoms with Crippen LogP contribution in [0.4, 0.5) is 10.5 Å². The van der Waals surface area contributed by atoms with Crippen molar-refractivity contribution in [1.29, 1.82) is 0 Å². The second kappa shape index (κ2) is 14.0. The minimum Gasteiger partial charge on any atom is -0.457 e. The highest BCUT2D eigenvalue weighted by molar-refractivity contribution is 6.34. The zero-order chi connectivity index (χ0) is 35.0. The number of hydrogen-bond acceptors (Lipinski definition) is 9. The van der Waals surface area contributed by atoms with Crippen LogP contribution in [0.3, 0.4) is 0 Å². The van der Waals surface area contributed by atoms with Crippen molar-refractivity contribution in [2.45, 2.75) is 103 Å². The maximum absolute atomic E-state index is 13.9. The van der Waals surface area contributed by atoms with Gasteiger partial charge in [0.1, 0.15) is 30.0 Å². The van der Waals surface area contributed by atoms with Crippen LogP contribution >= 0.6 is 11.6 Å². The van der Waals surface area contributed by atoms with Gasteiger partial charge in [0.2, 0.25) is 11.8 Å². The molecule has 0 saturated carbocycles. The van der Waals surface area contributed by atoms with Gasteiger partial charge in [0.25, 0.3) is 0 Å². The molecule has 12 nitrogen and oxygen atoms in total. The zero-order valence-electron chi connectivity index (χ0n) is 28.5. The van der Waals surface area contributed by atoms with Crippen molar-refractivity contribution in [3.8, 4) is 0 Å². The number of nitrogens with one attached hydrogen (secondary N) is 1. The first kappa shape index (κ1) is 36.4. The van der Waals surface area contributed by atoms with Gasteiger partial charge in [0, 0.05) is 40.5 Å². The highest BCUT2D eigenvalue weighted by Crippen LogP contribution is 2.49. The molecule has 0 unspecified atom stereocenters. The van der Waals surface area contributed by atoms with Gasteiger partial charge in [-0.15, -0.1) is 0 Å². The molecule has 0 aliphatic carbocycles. The molecule has 13 heteroatoms. The van der Waals surface area contributed by atoms with Gasteiger partial charge in [-0.05, 0) is 51.3 Å². The summed E-state index contributed by atoms with van der Waals surface area (Å²) in [6.07, 6.45) is 1.31. The van der Waals surface area contributed by atoms with Crippen LogP contribution in [0.2, 0.25) is 5.02 Å². The number of anilines is 1. The van der Waals surface area contributed by atoms with Gasteiger partial charge in [-0.2, -0.15) is 0 Å². The number of rotatable bonds is 4. The second-order valence-corrected chi connectivity index (χ2v) is 13.5. The van der Waals surface area contributed by atoms with E-state index >= 15 is 0 Å². The van der Waals surface area contributed by atoms with Gasteiger partial charge in [-0.25, -0.2) is 9.59 Å². The first-order chi connectivity index (χ1) is 21.9. The molecule has 4 bridgehead atoms. The Morgan fingerprint density at radius 3 is 2.57 bits per heavy atom. The topological polar surface area (TPSA) is 147 Å². The summed E-state index contributed by atoms with van der Waals surface area (Å²) in [5.41, 5.74) is 0.220. The maximum Gasteiger partial charge on any atom is 0.409 e. The third-order valence-corrected chi connectivity index (χ3v) is 10.1. The summed E-state index contributed by atoms with van der Waals surface area (Å²) in [4.78, 5) is 54.7. The fourth-order valence-corrected chi connectivity index (χ4v) is 6.55. The number of halogens is 1. The Morgan fingerprint density at radius 2 is 1.94 bits per heavy atom. The van der Waals surface area contributed by atoms with Crippen LogP contribution < -0.4 is 10.2 Å². The van der Waals surface area contributed by atoms with Crippen LogP contribution in [-0.2, 0) is 39.8 Å². The number of aryl methyl sites for hydroxylation is 1. The summed E-state index contributed by atoms with van der Waals surface area (Å²) >= 11 is 6.72. The van der Waals surface area contributed by atoms with Gasteiger partial charge in [-0.1, -0.05) is 48.4 Å². The van der Waals surface area contributed by atoms with Crippen molar-refractivity contribution in [3.63, 3.8) is 0 Å². The highest BCUT2D eigenvalue weighted by Gasteiger charge is 2.64. The Labute approximate surface area is 281 Å². The third-order valence-electron chi connectivity index (χ3n) is 9.62. The van der Waals surface area contributed by atoms with Crippen LogP contribution in [-0.4, -0.2) is 96.9 Å². The number of likely N-dealkylation sites (N-methyl/N-ethyl adjacent to an activating group) is 1. The Hall–Kier alpha value is -3.45. The number of benzene rings is 1. The first-order valence-corrected chi connectivity index (χ1v) is 16.0. The van der Waals surface area contributed by atoms with Gasteiger partial charge in [0.05, 0.1) is 23.2 Å². The van der Waals surface area contributed by atoms with Crippen LogP contribution in [0.15, 0.2) is 35.9 Å². The average Bonchev–Trinajstić information content (AvgIpc) is 3.70. The molecule has 3 aliphatic rings. The number of alkyl carbamates (subject to hydrolysis) is 1. The van der Waals surface area contributed by atoms with E-state index < -0.39 is 59.8 Å². The van der Waals surface area contributed by atoms with E-state index in [4.69, 9.17) is 30.5 Å². The summed E-state index contributed by atoms with van der Waals surface area (Å²) in [5.74, 6) is -1.91. The molecule has 8 atom stereocenters. The molecule has 1 aromatic carbocycles. The number of esters is 1. The van der Waals surface area contributed by atoms with Crippen LogP contribution in [0.5, 0.6) is 0 Å². The summed E-state index contributed by atoms with van der Waals surface area (Å²) in [6, 6.07) is 2.87. The second-order valence-electron chi connectivity index (χ2n) is 13.1. The number of hydrogen-bond donors (Lipinski definition) is 2. The third kappa shape index (κ3) is 7.66. The molecule has 3 amide bonds. The molecule has 3 aliphatic heterocycles. The lowest BCUT2D eigenvalue weighted by molar-refractivity contribution is -0.161. The lowest BCUT2D eigenvalue weighted by Gasteiger charge is -2.42. The fraction of sp³-hybridized carbons (Fsp3) is 0.588. The number of epoxide rings is 1. The standard InChI is InChI=1S/C34H46ClN3O9/c1-18-11-10-12-26(44-9)34(43)17-25(45-32(42)36-34)20(3)30-33(6,47-30)27(46-31(41)21(4)37(7)22(5)39)16-28(40)38(8)24-15-23(13-18)14-19(2)29(24)35/h10-12,14-15,20-21,25-27,30,43H,13,16-17H2,1-9H3,(H,36,42)/b12-10+,18-11+/t20-,21-,25-,26+,27-,30+,33-,34-/m0/s1. The highest BCUT2D eigenvalue weighted by atomic mass is 35.5. The lowest BCUT2D eigenvalue weighted by Crippen LogP contribution is -2.63. The molecular formula is C34H46ClN3O9. The monoisotopic (exact) mass is 675 g/mol. The maximum atomic E-state index is 13.9. The van der Waals surface area contributed by atoms with E-state index in [2.05, 4.69) is 5.32 Å². The van der Waals surface area contributed by atoms with E-state index in [0.717, 1.165) is 16.7 Å². The Bertz CT molecular complexity index is 1480. The van der Waals surface area contributed by atoms with Crippen molar-refractivity contribution in [2.75, 3.05) is 26.1 Å². The molecule has 1 aromatic rings. The van der Waals surface area contributed by atoms with Crippen LogP contribution in [0.1, 0.15) is 58.6 Å². The van der Waals surface area contributed by atoms with Crippen molar-refractivity contribution >= 4 is 41.2 Å². The summed E-state index contributed by atoms with van der Waals surface area (Å²) in [5, 5.41) is 14.6. The number of allylic oxidation sites excluding steroid dienone is 3. The summed E-state index contributed by atoms with van der Waals surface area (Å²) in [7, 11) is 4.54. The SMILES string of the molecule is CO[C@@H]1/C=C/C=C(\C)Cc2cc(C)c(Cl)c(c2)N(C)C(=O)C[C@H](OC(=O)[C@H](C)N(C)C(C)=O)[C@]2(C)O[C@@H]2[C@@H](C)[C@@H]2C[C@@]1(O)NC(=O)O2. The molecule has 0 spiro atoms. The number of methoxy groups -OCH3 is 1. The Kier molecular flexibility index (Phi) is 10.8. The van der Waals surface area contributed by atoms with E-state index in [0.29, 0.717) is 17.1 Å². The quantitative estimate of drug-likeness (QED) is 0.359. The largest absolute Gasteiger partial charge is 0.457 e. The van der Waals surface area contributed by atoms with Gasteiger partial charge < -0.3 is 33.9 Å². The number of aliphatic hydroxyl groups is 1. The average molecular weight is 676 g/mol. The van der Waals surface area contributed by atoms with E-state index in [9.17, 15) is 24.3 Å². The van der Waals surface area contributed by atoms with Gasteiger partial charge in [-0.3, -0.25) is 14.9 Å². The molecule has 4 rings (SSSR count). The number of carbonyl (C=O) groups is 4. The molecule has 0 radical (unpaired) electrons. The van der Waals surface area contributed by atoms with Crippen molar-refractivity contribution in [2.24, 2.45) is 5.92 Å². The Balaban J connectivity index is 1.78. The fourth-order valence-electron chi connectivity index (χ4n) is 6.31. The molecule has 2 saturated heterocycles. The van der Waals surface area contributed by atoms with Gasteiger partial charge in [0.15, 0.2) is 5.72 Å². The van der Waals surface area contributed by atoms with E-state index in [1.807, 2.05) is 32.1 Å². The molecule has 47 heavy (non-hydrogen) atoms. The minimum atomic E-state index is -1.80. The predicted molar refractivity (Wildman–Crippen MR) is 175 cm³/mol. The summed E-state index contributed by atoms with van der Waals surface area (Å²) < 4.78 is 23.4. The summed E-state index contributed by atoms with van der Waals surface area (Å²) in [6.45, 7) is 10.2. The molecule has 258 valence electrons. The van der Waals surface area contributed by atoms with E-state index in [-0.39, 0.29) is 24.7 Å². The smallest absolute Gasteiger partial charge is 0.409 e. The zero-order valence-corrected chi connectivity index (χ0v) is 29.2. The predicted octanol–water partition coefficient (Wildman–Crippen LogP) is 3.83. The molecular weight excluding hydrogens is 630 g/mol. The van der Waals surface area contributed by atoms with Crippen molar-refractivity contribution < 1.29 is 43.2 Å². The van der Waals surface area contributed by atoms with E-state index in [1.54, 1.807) is 33.0 Å². The first-order valence-electron chi connectivity index (χ1n) is 15.7. The van der Waals surface area contributed by atoms with E-state index in [1.165, 1.54) is 37.8 Å². The number of carbonyl (C=O) groups excluding carboxylic acids is 4. The lowest BCUT2D eigenvalue weighted by atomic mass is 9.83. The molecule has 2 fully saturated rings. The number of nitrogens with zero attached hydrogens (tertiary/aromatic N) is 2. The number of fused-ring (bicyclic) bond motifs is 5. The molecule has 3 heterocycles.